The van der Waals surface area contributed by atoms with E-state index in [1.807, 2.05) is 0 Å². The van der Waals surface area contributed by atoms with Crippen molar-refractivity contribution >= 4 is 5.97 Å². The molecular weight excluding hydrogens is 458 g/mol. The maximum atomic E-state index is 11.2. The molecule has 37 heavy (non-hydrogen) atoms. The van der Waals surface area contributed by atoms with E-state index in [9.17, 15) is 9.90 Å². The summed E-state index contributed by atoms with van der Waals surface area (Å²) >= 11 is 0. The van der Waals surface area contributed by atoms with E-state index < -0.39 is 5.97 Å². The first-order valence-electron chi connectivity index (χ1n) is 16.2. The average molecular weight is 518 g/mol. The van der Waals surface area contributed by atoms with Crippen molar-refractivity contribution in [3.05, 3.63) is 0 Å². The fourth-order valence-electron chi connectivity index (χ4n) is 10.1. The lowest BCUT2D eigenvalue weighted by Crippen LogP contribution is -2.55. The summed E-state index contributed by atoms with van der Waals surface area (Å²) in [5.41, 5.74) is 0.985. The van der Waals surface area contributed by atoms with Gasteiger partial charge in [0.15, 0.2) is 0 Å². The van der Waals surface area contributed by atoms with Crippen molar-refractivity contribution in [1.29, 1.82) is 0 Å². The molecule has 4 saturated carbocycles. The van der Waals surface area contributed by atoms with Crippen LogP contribution < -0.4 is 16.0 Å². The first-order chi connectivity index (χ1) is 17.8. The van der Waals surface area contributed by atoms with E-state index in [-0.39, 0.29) is 0 Å². The molecule has 5 nitrogen and oxygen atoms in total. The number of carboxylic acids is 1. The van der Waals surface area contributed by atoms with Crippen molar-refractivity contribution in [2.24, 2.45) is 46.3 Å². The van der Waals surface area contributed by atoms with Gasteiger partial charge in [-0.05, 0) is 143 Å². The molecule has 0 spiro atoms. The van der Waals surface area contributed by atoms with Crippen molar-refractivity contribution in [3.63, 3.8) is 0 Å². The van der Waals surface area contributed by atoms with Crippen LogP contribution >= 0.6 is 0 Å². The van der Waals surface area contributed by atoms with Gasteiger partial charge >= 0.3 is 5.97 Å². The van der Waals surface area contributed by atoms with Crippen LogP contribution in [0.2, 0.25) is 0 Å². The third kappa shape index (κ3) is 6.57. The molecule has 214 valence electrons. The Morgan fingerprint density at radius 3 is 2.38 bits per heavy atom. The number of hydrogen-bond donors (Lipinski definition) is 4. The lowest BCUT2D eigenvalue weighted by atomic mass is 9.44. The molecule has 0 bridgehead atoms. The van der Waals surface area contributed by atoms with Gasteiger partial charge in [-0.25, -0.2) is 0 Å². The molecule has 4 N–H and O–H groups in total. The highest BCUT2D eigenvalue weighted by molar-refractivity contribution is 5.66. The van der Waals surface area contributed by atoms with Gasteiger partial charge < -0.3 is 21.1 Å². The molecule has 5 heteroatoms. The molecule has 3 unspecified atom stereocenters. The molecule has 0 amide bonds. The lowest BCUT2D eigenvalue weighted by Gasteiger charge is -2.61. The number of fused-ring (bicyclic) bond motifs is 5. The first kappa shape index (κ1) is 29.3. The maximum absolute atomic E-state index is 11.2. The van der Waals surface area contributed by atoms with Crippen molar-refractivity contribution in [3.8, 4) is 0 Å². The van der Waals surface area contributed by atoms with Crippen LogP contribution in [0.5, 0.6) is 0 Å². The van der Waals surface area contributed by atoms with E-state index in [1.54, 1.807) is 0 Å². The molecule has 4 aliphatic carbocycles. The molecule has 0 heterocycles. The monoisotopic (exact) mass is 517 g/mol. The van der Waals surface area contributed by atoms with Crippen molar-refractivity contribution < 1.29 is 9.90 Å². The van der Waals surface area contributed by atoms with Crippen LogP contribution in [-0.4, -0.2) is 49.8 Å². The van der Waals surface area contributed by atoms with E-state index >= 15 is 0 Å². The Kier molecular flexibility index (Phi) is 10.4. The van der Waals surface area contributed by atoms with Crippen LogP contribution in [0.15, 0.2) is 0 Å². The highest BCUT2D eigenvalue weighted by Crippen LogP contribution is 2.68. The van der Waals surface area contributed by atoms with Gasteiger partial charge in [-0.2, -0.15) is 0 Å². The molecule has 0 aromatic heterocycles. The molecule has 0 aromatic rings. The minimum absolute atomic E-state index is 0.339. The zero-order chi connectivity index (χ0) is 26.5. The highest BCUT2D eigenvalue weighted by Gasteiger charge is 2.60. The van der Waals surface area contributed by atoms with E-state index in [2.05, 4.69) is 43.6 Å². The molecule has 4 rings (SSSR count). The summed E-state index contributed by atoms with van der Waals surface area (Å²) in [7, 11) is 0. The van der Waals surface area contributed by atoms with Gasteiger partial charge in [0.1, 0.15) is 0 Å². The molecule has 4 fully saturated rings. The second-order valence-corrected chi connectivity index (χ2v) is 14.1. The van der Waals surface area contributed by atoms with Gasteiger partial charge in [0.05, 0.1) is 0 Å². The summed E-state index contributed by atoms with van der Waals surface area (Å²) in [6.07, 6.45) is 16.2. The minimum Gasteiger partial charge on any atom is -0.481 e. The second kappa shape index (κ2) is 13.1. The van der Waals surface area contributed by atoms with Gasteiger partial charge in [0, 0.05) is 25.6 Å². The van der Waals surface area contributed by atoms with E-state index in [1.165, 1.54) is 70.6 Å². The van der Waals surface area contributed by atoms with Crippen LogP contribution in [0.4, 0.5) is 0 Å². The number of nitrogens with one attached hydrogen (secondary N) is 3. The van der Waals surface area contributed by atoms with Gasteiger partial charge in [0.25, 0.3) is 0 Å². The van der Waals surface area contributed by atoms with Crippen LogP contribution in [-0.2, 0) is 4.79 Å². The van der Waals surface area contributed by atoms with Crippen LogP contribution in [0, 0.1) is 46.3 Å². The third-order valence-corrected chi connectivity index (χ3v) is 12.1. The van der Waals surface area contributed by atoms with Gasteiger partial charge in [-0.15, -0.1) is 0 Å². The molecule has 9 atom stereocenters. The van der Waals surface area contributed by atoms with E-state index in [4.69, 9.17) is 0 Å². The predicted molar refractivity (Wildman–Crippen MR) is 154 cm³/mol. The van der Waals surface area contributed by atoms with Crippen LogP contribution in [0.25, 0.3) is 0 Å². The lowest BCUT2D eigenvalue weighted by molar-refractivity contribution is -0.137. The van der Waals surface area contributed by atoms with E-state index in [0.29, 0.717) is 29.2 Å². The summed E-state index contributed by atoms with van der Waals surface area (Å²) < 4.78 is 0. The SMILES string of the molecule is CCCNCCCNCCN[C@H]1CC[C@]2(C)C3CC[C@@]4(C)C(CC[C@@H]4[C@@H](C)CCC(=O)O)C3CC[C@@H]2C1. The van der Waals surface area contributed by atoms with Gasteiger partial charge in [-0.1, -0.05) is 27.7 Å². The number of hydrogen-bond acceptors (Lipinski definition) is 4. The van der Waals surface area contributed by atoms with Crippen molar-refractivity contribution in [2.45, 2.75) is 117 Å². The topological polar surface area (TPSA) is 73.4 Å². The fraction of sp³-hybridized carbons (Fsp3) is 0.969. The molecule has 0 aromatic carbocycles. The summed E-state index contributed by atoms with van der Waals surface area (Å²) in [6.45, 7) is 15.4. The summed E-state index contributed by atoms with van der Waals surface area (Å²) in [5, 5.41) is 20.2. The molecule has 0 saturated heterocycles. The van der Waals surface area contributed by atoms with Gasteiger partial charge in [0.2, 0.25) is 0 Å². The largest absolute Gasteiger partial charge is 0.481 e. The summed E-state index contributed by atoms with van der Waals surface area (Å²) in [4.78, 5) is 11.2. The Labute approximate surface area is 228 Å². The van der Waals surface area contributed by atoms with E-state index in [0.717, 1.165) is 68.7 Å². The quantitative estimate of drug-likeness (QED) is 0.210. The summed E-state index contributed by atoms with van der Waals surface area (Å²) in [6, 6.07) is 0.711. The van der Waals surface area contributed by atoms with Crippen LogP contribution in [0.3, 0.4) is 0 Å². The third-order valence-electron chi connectivity index (χ3n) is 12.1. The zero-order valence-electron chi connectivity index (χ0n) is 24.6. The van der Waals surface area contributed by atoms with Crippen molar-refractivity contribution in [1.82, 2.24) is 16.0 Å². The number of rotatable bonds is 14. The minimum atomic E-state index is -0.627. The molecule has 0 aliphatic heterocycles. The Bertz CT molecular complexity index is 731. The Hall–Kier alpha value is -0.650. The smallest absolute Gasteiger partial charge is 0.303 e. The standard InChI is InChI=1S/C32H59N3O2/c1-5-17-33-18-6-19-34-20-21-35-25-13-15-31(3)24(22-25)8-9-26-28-11-10-27(23(2)7-12-30(36)37)32(28,4)16-14-29(26)31/h23-29,33-35H,5-22H2,1-4H3,(H,36,37)/t23-,24+,25-,26?,27+,28?,29?,31-,32+/m0/s1. The molecule has 4 aliphatic rings. The fourth-order valence-corrected chi connectivity index (χ4v) is 10.1. The zero-order valence-corrected chi connectivity index (χ0v) is 24.6. The maximum Gasteiger partial charge on any atom is 0.303 e. The first-order valence-corrected chi connectivity index (χ1v) is 16.2. The average Bonchev–Trinajstić information content (AvgIpc) is 3.23. The highest BCUT2D eigenvalue weighted by atomic mass is 16.4. The Balaban J connectivity index is 1.24. The Morgan fingerprint density at radius 2 is 1.62 bits per heavy atom. The Morgan fingerprint density at radius 1 is 0.892 bits per heavy atom. The molecule has 0 radical (unpaired) electrons. The number of aliphatic carboxylic acids is 1. The number of carbonyl (C=O) groups is 1. The summed E-state index contributed by atoms with van der Waals surface area (Å²) in [5.74, 6) is 4.25. The molecular formula is C32H59N3O2. The van der Waals surface area contributed by atoms with Gasteiger partial charge in [-0.3, -0.25) is 4.79 Å². The van der Waals surface area contributed by atoms with Crippen LogP contribution in [0.1, 0.15) is 111 Å². The predicted octanol–water partition coefficient (Wildman–Crippen LogP) is 6.08. The second-order valence-electron chi connectivity index (χ2n) is 14.1. The normalized spacial score (nSPS) is 40.0. The van der Waals surface area contributed by atoms with Crippen molar-refractivity contribution in [2.75, 3.05) is 32.7 Å². The number of carboxylic acid groups (broad SMARTS) is 1.